The van der Waals surface area contributed by atoms with Gasteiger partial charge >= 0.3 is 23.9 Å². The third-order valence-electron chi connectivity index (χ3n) is 6.48. The Hall–Kier alpha value is -6.00. The minimum absolute atomic E-state index is 0.0122. The Kier molecular flexibility index (Phi) is 14.5. The molecule has 4 aromatic rings. The maximum atomic E-state index is 12.4. The highest BCUT2D eigenvalue weighted by atomic mass is 35.5. The van der Waals surface area contributed by atoms with Crippen LogP contribution in [0.3, 0.4) is 0 Å². The van der Waals surface area contributed by atoms with E-state index in [0.29, 0.717) is 17.6 Å². The predicted octanol–water partition coefficient (Wildman–Crippen LogP) is 2.65. The molecule has 0 saturated heterocycles. The topological polar surface area (TPSA) is 350 Å². The summed E-state index contributed by atoms with van der Waals surface area (Å²) in [5.41, 5.74) is 0.511. The van der Waals surface area contributed by atoms with Gasteiger partial charge in [0.15, 0.2) is 0 Å². The number of hydrogen-bond donors (Lipinski definition) is 8. The molecule has 0 aliphatic carbocycles. The molecule has 28 heteroatoms. The monoisotopic (exact) mass is 858 g/mol. The summed E-state index contributed by atoms with van der Waals surface area (Å²) in [4.78, 5) is 69.6. The number of rotatable bonds is 20. The third kappa shape index (κ3) is 12.8. The van der Waals surface area contributed by atoms with E-state index in [1.807, 2.05) is 0 Å². The largest absolute Gasteiger partial charge is 0.480 e. The van der Waals surface area contributed by atoms with Crippen LogP contribution in [0.15, 0.2) is 46.2 Å². The predicted molar refractivity (Wildman–Crippen MR) is 193 cm³/mol. The number of nitrogens with one attached hydrogen (secondary N) is 2. The summed E-state index contributed by atoms with van der Waals surface area (Å²) >= 11 is 12.4. The zero-order valence-electron chi connectivity index (χ0n) is 27.5. The number of aromatic nitrogens is 6. The van der Waals surface area contributed by atoms with Gasteiger partial charge in [-0.05, 0) is 58.6 Å². The number of nitrogens with zero attached hydrogens (tertiary/aromatic N) is 8. The number of anilines is 6. The highest BCUT2D eigenvalue weighted by Crippen LogP contribution is 2.31. The molecule has 296 valence electrons. The molecule has 0 bridgehead atoms. The second kappa shape index (κ2) is 19.0. The summed E-state index contributed by atoms with van der Waals surface area (Å²) in [5, 5.41) is 53.7. The van der Waals surface area contributed by atoms with Crippen molar-refractivity contribution in [2.75, 3.05) is 46.6 Å². The van der Waals surface area contributed by atoms with Gasteiger partial charge in [0, 0.05) is 16.3 Å². The van der Waals surface area contributed by atoms with Gasteiger partial charge in [0.25, 0.3) is 10.1 Å². The van der Waals surface area contributed by atoms with Crippen LogP contribution in [0.1, 0.15) is 11.1 Å². The summed E-state index contributed by atoms with van der Waals surface area (Å²) in [6, 6.07) is 8.02. The standard InChI is InChI=1S/C28H24Cl2N10O14S2/c29-23-33-25(37-27(35-23)39(9-19(41)42)10-20(43)44)31-15-5-3-13(17(7-15)55-54-53-49)1-2-14-4-6-16(8-18(14)56(50,51)52)32-26-34-24(30)36-28(38-26)40(11-21(45)46)12-22(47)48/h1-8,49H,9-12H2,(H,41,42)(H,43,44)(H,45,46)(H,47,48)(H,50,51,52)(H,31,33,35,37)(H,32,34,36,38)/b2-1+. The molecule has 0 amide bonds. The van der Waals surface area contributed by atoms with Gasteiger partial charge in [-0.3, -0.25) is 23.7 Å². The smallest absolute Gasteiger partial charge is 0.323 e. The first-order valence-electron chi connectivity index (χ1n) is 14.7. The molecule has 24 nitrogen and oxygen atoms in total. The Morgan fingerprint density at radius 3 is 1.55 bits per heavy atom. The average Bonchev–Trinajstić information content (AvgIpc) is 3.08. The van der Waals surface area contributed by atoms with Crippen LogP contribution < -0.4 is 20.4 Å². The number of aliphatic carboxylic acids is 4. The lowest BCUT2D eigenvalue weighted by atomic mass is 10.1. The van der Waals surface area contributed by atoms with Crippen molar-refractivity contribution in [3.05, 3.63) is 58.1 Å². The van der Waals surface area contributed by atoms with E-state index in [1.54, 1.807) is 0 Å². The van der Waals surface area contributed by atoms with E-state index in [0.717, 1.165) is 15.9 Å². The van der Waals surface area contributed by atoms with E-state index in [-0.39, 0.29) is 39.7 Å². The fraction of sp³-hybridized carbons (Fsp3) is 0.143. The van der Waals surface area contributed by atoms with Crippen LogP contribution in [-0.2, 0) is 38.7 Å². The molecule has 4 rings (SSSR count). The van der Waals surface area contributed by atoms with Gasteiger partial charge in [-0.25, -0.2) is 5.26 Å². The van der Waals surface area contributed by atoms with Crippen molar-refractivity contribution < 1.29 is 67.2 Å². The summed E-state index contributed by atoms with van der Waals surface area (Å²) in [6.45, 7) is -3.16. The molecular formula is C28H24Cl2N10O14S2. The summed E-state index contributed by atoms with van der Waals surface area (Å²) in [5.74, 6) is -6.86. The van der Waals surface area contributed by atoms with Gasteiger partial charge in [0.2, 0.25) is 34.4 Å². The summed E-state index contributed by atoms with van der Waals surface area (Å²) in [6.07, 6.45) is 2.69. The lowest BCUT2D eigenvalue weighted by molar-refractivity contribution is -0.432. The van der Waals surface area contributed by atoms with Crippen LogP contribution >= 0.6 is 35.2 Å². The quantitative estimate of drug-likeness (QED) is 0.0208. The fourth-order valence-corrected chi connectivity index (χ4v) is 5.94. The minimum Gasteiger partial charge on any atom is -0.480 e. The first-order chi connectivity index (χ1) is 26.4. The normalized spacial score (nSPS) is 11.3. The lowest BCUT2D eigenvalue weighted by Gasteiger charge is -2.19. The Morgan fingerprint density at radius 1 is 0.696 bits per heavy atom. The van der Waals surface area contributed by atoms with Crippen LogP contribution in [-0.4, -0.2) is 119 Å². The number of carboxylic acid groups (broad SMARTS) is 4. The molecule has 0 spiro atoms. The van der Waals surface area contributed by atoms with E-state index in [1.165, 1.54) is 42.5 Å². The molecule has 0 aliphatic rings. The van der Waals surface area contributed by atoms with E-state index in [2.05, 4.69) is 49.9 Å². The van der Waals surface area contributed by atoms with Gasteiger partial charge in [-0.15, -0.1) is 4.33 Å². The van der Waals surface area contributed by atoms with Crippen molar-refractivity contribution in [1.29, 1.82) is 0 Å². The van der Waals surface area contributed by atoms with E-state index < -0.39 is 81.6 Å². The third-order valence-corrected chi connectivity index (χ3v) is 8.39. The van der Waals surface area contributed by atoms with Gasteiger partial charge in [0.05, 0.1) is 12.0 Å². The molecule has 0 fully saturated rings. The van der Waals surface area contributed by atoms with Gasteiger partial charge < -0.3 is 40.9 Å². The van der Waals surface area contributed by atoms with Crippen LogP contribution in [0.4, 0.5) is 35.2 Å². The molecule has 8 N–H and O–H groups in total. The number of benzene rings is 2. The van der Waals surface area contributed by atoms with Gasteiger partial charge in [-0.2, -0.15) is 38.3 Å². The molecule has 2 aromatic carbocycles. The molecular weight excluding hydrogens is 835 g/mol. The van der Waals surface area contributed by atoms with E-state index >= 15 is 0 Å². The van der Waals surface area contributed by atoms with Crippen molar-refractivity contribution in [1.82, 2.24) is 29.9 Å². The molecule has 0 unspecified atom stereocenters. The van der Waals surface area contributed by atoms with Crippen molar-refractivity contribution >= 4 is 117 Å². The van der Waals surface area contributed by atoms with Crippen LogP contribution in [0.5, 0.6) is 0 Å². The lowest BCUT2D eigenvalue weighted by Crippen LogP contribution is -2.36. The van der Waals surface area contributed by atoms with Crippen molar-refractivity contribution in [2.24, 2.45) is 0 Å². The molecule has 0 atom stereocenters. The Balaban J connectivity index is 1.64. The van der Waals surface area contributed by atoms with Crippen LogP contribution in [0.2, 0.25) is 10.6 Å². The van der Waals surface area contributed by atoms with Crippen molar-refractivity contribution in [3.8, 4) is 0 Å². The van der Waals surface area contributed by atoms with Gasteiger partial charge in [0.1, 0.15) is 31.1 Å². The summed E-state index contributed by atoms with van der Waals surface area (Å²) < 4.78 is 39.5. The fourth-order valence-electron chi connectivity index (χ4n) is 4.41. The number of hydrogen-bond acceptors (Lipinski definition) is 20. The molecule has 2 heterocycles. The second-order valence-electron chi connectivity index (χ2n) is 10.5. The zero-order chi connectivity index (χ0) is 41.2. The van der Waals surface area contributed by atoms with Gasteiger partial charge in [-0.1, -0.05) is 29.3 Å². The molecule has 56 heavy (non-hydrogen) atoms. The zero-order valence-corrected chi connectivity index (χ0v) is 30.7. The SMILES string of the molecule is O=C(O)CN(CC(=O)O)c1nc(Cl)nc(Nc2ccc(/C=C/c3ccc(Nc4nc(Cl)nc(N(CC(=O)O)CC(=O)O)n4)cc3S(=O)(=O)O)c(SOOO)c2)n1. The number of halogens is 2. The summed E-state index contributed by atoms with van der Waals surface area (Å²) in [7, 11) is -4.90. The van der Waals surface area contributed by atoms with E-state index in [9.17, 15) is 42.4 Å². The molecule has 0 aliphatic heterocycles. The van der Waals surface area contributed by atoms with Crippen LogP contribution in [0, 0.1) is 0 Å². The molecule has 0 radical (unpaired) electrons. The Bertz CT molecular complexity index is 2260. The number of carboxylic acids is 4. The highest BCUT2D eigenvalue weighted by molar-refractivity contribution is 7.94. The first kappa shape index (κ1) is 42.7. The van der Waals surface area contributed by atoms with Crippen LogP contribution in [0.25, 0.3) is 12.2 Å². The van der Waals surface area contributed by atoms with E-state index in [4.69, 9.17) is 38.7 Å². The Labute approximate surface area is 327 Å². The van der Waals surface area contributed by atoms with Crippen molar-refractivity contribution in [3.63, 3.8) is 0 Å². The molecule has 0 saturated carbocycles. The maximum Gasteiger partial charge on any atom is 0.323 e. The first-order valence-corrected chi connectivity index (χ1v) is 17.7. The second-order valence-corrected chi connectivity index (χ2v) is 13.3. The molecule has 2 aromatic heterocycles. The van der Waals surface area contributed by atoms with Crippen molar-refractivity contribution in [2.45, 2.75) is 9.79 Å². The average molecular weight is 860 g/mol. The highest BCUT2D eigenvalue weighted by Gasteiger charge is 2.22. The number of carbonyl (C=O) groups is 4. The Morgan fingerprint density at radius 2 is 1.12 bits per heavy atom. The maximum absolute atomic E-state index is 12.4. The minimum atomic E-state index is -4.90.